The van der Waals surface area contributed by atoms with E-state index in [4.69, 9.17) is 51.6 Å². The number of carbonyl (C=O) groups excluding carboxylic acids is 19. The molecule has 0 bridgehead atoms. The molecule has 5 heterocycles. The number of hydroxylamine groups is 4. The van der Waals surface area contributed by atoms with Crippen molar-refractivity contribution < 1.29 is 120 Å². The number of alkyl carbamates (subject to hydrolysis) is 4. The highest BCUT2D eigenvalue weighted by Crippen LogP contribution is 2.57. The fourth-order valence-corrected chi connectivity index (χ4v) is 16.9. The molecule has 0 aromatic carbocycles. The van der Waals surface area contributed by atoms with Crippen molar-refractivity contribution >= 4 is 178 Å². The van der Waals surface area contributed by atoms with Crippen molar-refractivity contribution in [3.8, 4) is 0 Å². The standard InChI is InChI=1S/C43H74N6O10S4.C33H50N6O14.C8H16N2OS2/c1-42(2,3)58-40(56)46-22-14-24-48(25-15-23-47-41(57)59-43(4,5)6)34(52)20-13-21-35(53)49(28-32(50)18-11-7-9-16-30(38(44)54)26-36-60-61-36)29-33(51)19-12-8-10-17-31(39(45)55)27-37-62-63-37;1-32(2,3)50-30(48)34-16-8-18-36(19-9-17-35-31(49)51-33(4,5)6)22(40)10-7-11-23(41)37(20-28(46)52-38-24(42)12-13-25(38)43)21-29(47)53-39-26(44)14-15-27(39)45;9-4-2-1-3-6(8(10)11)5-7-12-13-7/h30-31,36-37H,7-29H2,1-6H3,(H2,44,54)(H2,45,55)(H,46,56)(H,47,57);7-21H2,1-6H3,(H,34,48)(H,35,49);6-7H,1-5,9H2,(H2,10,11)/t30-,31-;;6-/m1.1/s1. The average molecular weight is 1940 g/mol. The highest BCUT2D eigenvalue weighted by atomic mass is 33.2. The Bertz CT molecular complexity index is 3510. The first kappa shape index (κ1) is 115. The first-order valence-electron chi connectivity index (χ1n) is 44.2. The zero-order valence-corrected chi connectivity index (χ0v) is 81.9. The highest BCUT2D eigenvalue weighted by Gasteiger charge is 2.38. The molecule has 12 N–H and O–H groups in total. The van der Waals surface area contributed by atoms with Gasteiger partial charge in [0.25, 0.3) is 23.6 Å². The van der Waals surface area contributed by atoms with Crippen LogP contribution in [-0.2, 0) is 101 Å². The minimum atomic E-state index is -1.23. The lowest BCUT2D eigenvalue weighted by Crippen LogP contribution is -2.44. The van der Waals surface area contributed by atoms with Crippen LogP contribution in [0.15, 0.2) is 0 Å². The van der Waals surface area contributed by atoms with E-state index in [-0.39, 0.29) is 204 Å². The smallest absolute Gasteiger partial charge is 0.407 e. The lowest BCUT2D eigenvalue weighted by atomic mass is 9.97. The molecule has 5 aliphatic rings. The number of hydrogen-bond donors (Lipinski definition) is 8. The third-order valence-electron chi connectivity index (χ3n) is 19.2. The summed E-state index contributed by atoms with van der Waals surface area (Å²) in [5.74, 6) is -8.69. The number of amides is 15. The van der Waals surface area contributed by atoms with E-state index in [0.717, 1.165) is 64.2 Å². The van der Waals surface area contributed by atoms with Gasteiger partial charge in [0.15, 0.2) is 11.6 Å². The number of imide groups is 2. The first-order chi connectivity index (χ1) is 60.5. The Hall–Kier alpha value is -8.01. The molecule has 0 saturated carbocycles. The Morgan fingerprint density at radius 2 is 0.589 bits per heavy atom. The van der Waals surface area contributed by atoms with Crippen LogP contribution in [-0.4, -0.2) is 264 Å². The van der Waals surface area contributed by atoms with E-state index < -0.39 is 101 Å². The summed E-state index contributed by atoms with van der Waals surface area (Å²) in [5, 5.41) is 11.2. The van der Waals surface area contributed by atoms with E-state index in [9.17, 15) is 91.1 Å². The molecule has 0 aromatic rings. The van der Waals surface area contributed by atoms with Crippen LogP contribution in [0.2, 0.25) is 0 Å². The lowest BCUT2D eigenvalue weighted by molar-refractivity contribution is -0.201. The molecule has 0 spiro atoms. The van der Waals surface area contributed by atoms with Crippen LogP contribution in [0.25, 0.3) is 0 Å². The maximum atomic E-state index is 13.6. The summed E-state index contributed by atoms with van der Waals surface area (Å²) in [7, 11) is 10.7. The van der Waals surface area contributed by atoms with Crippen molar-refractivity contribution in [1.82, 2.24) is 51.0 Å². The molecule has 0 aromatic heterocycles. The number of primary amides is 3. The van der Waals surface area contributed by atoms with Crippen LogP contribution in [0.3, 0.4) is 0 Å². The van der Waals surface area contributed by atoms with Gasteiger partial charge in [0.05, 0.1) is 26.8 Å². The van der Waals surface area contributed by atoms with Crippen molar-refractivity contribution in [2.24, 2.45) is 40.7 Å². The second-order valence-electron chi connectivity index (χ2n) is 35.6. The van der Waals surface area contributed by atoms with Gasteiger partial charge in [-0.25, -0.2) is 28.8 Å². The van der Waals surface area contributed by atoms with Gasteiger partial charge in [-0.1, -0.05) is 96.9 Å². The number of carbonyl (C=O) groups is 19. The quantitative estimate of drug-likeness (QED) is 0.00923. The maximum Gasteiger partial charge on any atom is 0.407 e. The number of nitrogens with zero attached hydrogens (tertiary/aromatic N) is 6. The van der Waals surface area contributed by atoms with Crippen molar-refractivity contribution in [1.29, 1.82) is 0 Å². The number of ether oxygens (including phenoxy) is 4. The SMILES string of the molecule is CC(C)(C)OC(=O)NCCCN(CCCNC(=O)OC(C)(C)C)C(=O)CCCC(=O)N(CC(=O)CCCCC[C@H](CC1SS1)C(N)=O)CC(=O)CCCCC[C@H](CC1SS1)C(N)=O.CC(C)(C)OC(=O)NCCCN(CCCNC(=O)OC(C)(C)C)C(=O)CCCC(=O)N(CC(=O)ON1C(=O)CCC1=O)CC(=O)ON1C(=O)CCC1=O.NCCCC[C@H](CC1SS1)C(N)=O. The van der Waals surface area contributed by atoms with Crippen LogP contribution >= 0.6 is 64.8 Å². The second-order valence-corrected chi connectivity index (χ2v) is 44.5. The topological polar surface area (TPSA) is 551 Å². The highest BCUT2D eigenvalue weighted by molar-refractivity contribution is 8.93. The summed E-state index contributed by atoms with van der Waals surface area (Å²) in [6, 6.07) is 0. The lowest BCUT2D eigenvalue weighted by Gasteiger charge is -2.25. The number of unbranched alkanes of at least 4 members (excludes halogenated alkanes) is 5. The van der Waals surface area contributed by atoms with E-state index in [1.165, 1.54) is 9.80 Å². The minimum Gasteiger partial charge on any atom is -0.444 e. The summed E-state index contributed by atoms with van der Waals surface area (Å²) < 4.78 is 22.5. The third kappa shape index (κ3) is 56.5. The third-order valence-corrected chi connectivity index (χ3v) is 25.9. The molecule has 0 unspecified atom stereocenters. The van der Waals surface area contributed by atoms with Gasteiger partial charge in [-0.15, -0.1) is 10.1 Å². The van der Waals surface area contributed by atoms with Crippen LogP contribution in [0.1, 0.15) is 276 Å². The molecule has 732 valence electrons. The summed E-state index contributed by atoms with van der Waals surface area (Å²) in [6.07, 6.45) is 9.47. The van der Waals surface area contributed by atoms with Crippen LogP contribution < -0.4 is 44.2 Å². The Morgan fingerprint density at radius 1 is 0.341 bits per heavy atom. The zero-order valence-electron chi connectivity index (χ0n) is 77.0. The molecule has 39 nitrogen and oxygen atoms in total. The molecule has 5 aliphatic heterocycles. The zero-order chi connectivity index (χ0) is 96.6. The largest absolute Gasteiger partial charge is 0.444 e. The minimum absolute atomic E-state index is 0.0370. The fourth-order valence-electron chi connectivity index (χ4n) is 12.7. The van der Waals surface area contributed by atoms with Crippen molar-refractivity contribution in [2.45, 2.75) is 312 Å². The summed E-state index contributed by atoms with van der Waals surface area (Å²) >= 11 is 0. The molecule has 15 amide bonds. The first-order valence-corrected chi connectivity index (χ1v) is 51.0. The van der Waals surface area contributed by atoms with E-state index in [1.807, 2.05) is 21.6 Å². The van der Waals surface area contributed by atoms with Crippen molar-refractivity contribution in [3.05, 3.63) is 0 Å². The Kier molecular flexibility index (Phi) is 53.7. The predicted molar refractivity (Wildman–Crippen MR) is 492 cm³/mol. The number of rotatable bonds is 59. The van der Waals surface area contributed by atoms with Crippen LogP contribution in [0.4, 0.5) is 19.2 Å². The molecule has 5 fully saturated rings. The number of hydrogen-bond acceptors (Lipinski definition) is 32. The van der Waals surface area contributed by atoms with Crippen LogP contribution in [0.5, 0.6) is 0 Å². The monoisotopic (exact) mass is 1940 g/mol. The van der Waals surface area contributed by atoms with Gasteiger partial charge in [0.2, 0.25) is 41.4 Å². The molecular formula is C84H140N14O25S6. The van der Waals surface area contributed by atoms with E-state index in [0.29, 0.717) is 89.6 Å². The van der Waals surface area contributed by atoms with Gasteiger partial charge in [-0.3, -0.25) is 62.3 Å². The van der Waals surface area contributed by atoms with Gasteiger partial charge >= 0.3 is 36.3 Å². The van der Waals surface area contributed by atoms with E-state index >= 15 is 0 Å². The fraction of sp³-hybridized carbons (Fsp3) is 0.774. The Balaban J connectivity index is 0.000000587. The van der Waals surface area contributed by atoms with Gasteiger partial charge in [-0.05, 0) is 186 Å². The molecule has 45 heteroatoms. The van der Waals surface area contributed by atoms with E-state index in [2.05, 4.69) is 21.3 Å². The van der Waals surface area contributed by atoms with Crippen molar-refractivity contribution in [3.63, 3.8) is 0 Å². The normalized spacial score (nSPS) is 15.1. The molecule has 0 aliphatic carbocycles. The molecule has 5 saturated heterocycles. The van der Waals surface area contributed by atoms with E-state index in [1.54, 1.807) is 131 Å². The summed E-state index contributed by atoms with van der Waals surface area (Å²) in [6.45, 7) is 21.3. The second kappa shape index (κ2) is 60.2. The summed E-state index contributed by atoms with van der Waals surface area (Å²) in [4.78, 5) is 251. The molecule has 0 radical (unpaired) electrons. The average Bonchev–Trinajstić information content (AvgIpc) is 1.75. The van der Waals surface area contributed by atoms with Gasteiger partial charge in [0.1, 0.15) is 35.5 Å². The van der Waals surface area contributed by atoms with Gasteiger partial charge < -0.3 is 92.4 Å². The number of nitrogens with one attached hydrogen (secondary N) is 4. The van der Waals surface area contributed by atoms with Gasteiger partial charge in [0, 0.05) is 134 Å². The number of Topliss-reactive ketones (excluding diaryl/α,β-unsaturated/α-hetero) is 2. The molecule has 129 heavy (non-hydrogen) atoms. The van der Waals surface area contributed by atoms with Crippen molar-refractivity contribution in [2.75, 3.05) is 85.1 Å². The number of ketones is 2. The summed E-state index contributed by atoms with van der Waals surface area (Å²) in [5.41, 5.74) is 19.2. The van der Waals surface area contributed by atoms with Gasteiger partial charge in [-0.2, -0.15) is 0 Å². The predicted octanol–water partition coefficient (Wildman–Crippen LogP) is 9.29. The molecule has 5 rings (SSSR count). The maximum absolute atomic E-state index is 13.6. The molecule has 3 atom stereocenters. The van der Waals surface area contributed by atoms with Crippen LogP contribution in [0, 0.1) is 17.8 Å². The Labute approximate surface area is 781 Å². The Morgan fingerprint density at radius 3 is 0.829 bits per heavy atom. The molecular weight excluding hydrogens is 1800 g/mol. The number of nitrogens with two attached hydrogens (primary N) is 4.